The zero-order valence-electron chi connectivity index (χ0n) is 6.66. The van der Waals surface area contributed by atoms with Crippen LogP contribution in [0.4, 0.5) is 0 Å². The van der Waals surface area contributed by atoms with E-state index >= 15 is 0 Å². The molecule has 0 rings (SSSR count). The molecule has 2 atom stereocenters. The third-order valence-electron chi connectivity index (χ3n) is 1.50. The fourth-order valence-corrected chi connectivity index (χ4v) is 1.03. The van der Waals surface area contributed by atoms with Crippen molar-refractivity contribution < 1.29 is 10.2 Å². The van der Waals surface area contributed by atoms with Crippen molar-refractivity contribution in [3.63, 3.8) is 0 Å². The van der Waals surface area contributed by atoms with Gasteiger partial charge in [0.25, 0.3) is 0 Å². The lowest BCUT2D eigenvalue weighted by molar-refractivity contribution is 0.143. The fourth-order valence-electron chi connectivity index (χ4n) is 0.856. The zero-order chi connectivity index (χ0) is 8.85. The Balaban J connectivity index is 3.63. The van der Waals surface area contributed by atoms with Crippen LogP contribution in [0, 0.1) is 0 Å². The Hall–Kier alpha value is -0.190. The summed E-state index contributed by atoms with van der Waals surface area (Å²) in [5.74, 6) is 0. The molecule has 0 amide bonds. The Morgan fingerprint density at radius 2 is 2.18 bits per heavy atom. The molecule has 0 saturated heterocycles. The van der Waals surface area contributed by atoms with Gasteiger partial charge in [-0.15, -0.1) is 0 Å². The molecule has 4 N–H and O–H groups in total. The van der Waals surface area contributed by atoms with E-state index in [9.17, 15) is 5.11 Å². The average Bonchev–Trinajstić information content (AvgIpc) is 1.86. The number of aliphatic hydroxyl groups is 2. The first-order valence-corrected chi connectivity index (χ1v) is 4.14. The third-order valence-corrected chi connectivity index (χ3v) is 1.67. The first kappa shape index (κ1) is 10.8. The summed E-state index contributed by atoms with van der Waals surface area (Å²) in [7, 11) is 0. The van der Waals surface area contributed by atoms with Crippen LogP contribution in [0.3, 0.4) is 0 Å². The zero-order valence-corrected chi connectivity index (χ0v) is 7.47. The smallest absolute Gasteiger partial charge is 0.159 e. The van der Waals surface area contributed by atoms with Gasteiger partial charge in [-0.3, -0.25) is 0 Å². The van der Waals surface area contributed by atoms with E-state index in [1.54, 1.807) is 0 Å². The molecule has 0 aliphatic heterocycles. The molecule has 0 aromatic rings. The first-order chi connectivity index (χ1) is 5.07. The average molecular weight is 177 g/mol. The van der Waals surface area contributed by atoms with Gasteiger partial charge in [0.1, 0.15) is 0 Å². The van der Waals surface area contributed by atoms with E-state index in [4.69, 9.17) is 10.8 Å². The van der Waals surface area contributed by atoms with E-state index in [1.165, 1.54) is 0 Å². The number of thiocarbonyl (C=S) groups is 1. The second kappa shape index (κ2) is 5.46. The van der Waals surface area contributed by atoms with Crippen molar-refractivity contribution in [1.82, 2.24) is 0 Å². The highest BCUT2D eigenvalue weighted by Crippen LogP contribution is 2.03. The summed E-state index contributed by atoms with van der Waals surface area (Å²) >= 11 is 4.42. The molecule has 0 heterocycles. The summed E-state index contributed by atoms with van der Waals surface area (Å²) in [6, 6.07) is -0.273. The van der Waals surface area contributed by atoms with E-state index in [2.05, 4.69) is 12.2 Å². The Morgan fingerprint density at radius 3 is 2.55 bits per heavy atom. The molecular weight excluding hydrogens is 162 g/mol. The van der Waals surface area contributed by atoms with Crippen LogP contribution in [0.1, 0.15) is 26.2 Å². The molecule has 0 aromatic carbocycles. The van der Waals surface area contributed by atoms with Gasteiger partial charge in [-0.2, -0.15) is 0 Å². The predicted molar refractivity (Wildman–Crippen MR) is 48.7 cm³/mol. The molecule has 0 bridgehead atoms. The van der Waals surface area contributed by atoms with E-state index in [-0.39, 0.29) is 17.5 Å². The van der Waals surface area contributed by atoms with Crippen molar-refractivity contribution in [2.24, 2.45) is 5.73 Å². The van der Waals surface area contributed by atoms with Gasteiger partial charge in [-0.25, -0.2) is 0 Å². The summed E-state index contributed by atoms with van der Waals surface area (Å²) in [5, 5.41) is 17.7. The molecule has 0 aliphatic carbocycles. The number of aliphatic hydroxyl groups excluding tert-OH is 2. The molecule has 11 heavy (non-hydrogen) atoms. The topological polar surface area (TPSA) is 66.5 Å². The number of nitrogens with two attached hydrogens (primary N) is 1. The van der Waals surface area contributed by atoms with Crippen molar-refractivity contribution in [3.8, 4) is 0 Å². The predicted octanol–water partition coefficient (Wildman–Crippen LogP) is 0.750. The minimum atomic E-state index is -0.701. The third kappa shape index (κ3) is 5.12. The monoisotopic (exact) mass is 177 g/mol. The highest BCUT2D eigenvalue weighted by atomic mass is 32.1. The van der Waals surface area contributed by atoms with Gasteiger partial charge in [-0.05, 0) is 18.6 Å². The Morgan fingerprint density at radius 1 is 1.64 bits per heavy atom. The van der Waals surface area contributed by atoms with Crippen molar-refractivity contribution in [2.75, 3.05) is 0 Å². The van der Waals surface area contributed by atoms with Gasteiger partial charge in [-0.1, -0.05) is 13.3 Å². The van der Waals surface area contributed by atoms with Crippen LogP contribution in [-0.2, 0) is 0 Å². The largest absolute Gasteiger partial charge is 0.502 e. The molecule has 3 nitrogen and oxygen atoms in total. The van der Waals surface area contributed by atoms with Crippen molar-refractivity contribution in [3.05, 3.63) is 0 Å². The highest BCUT2D eigenvalue weighted by molar-refractivity contribution is 7.80. The number of rotatable bonds is 5. The van der Waals surface area contributed by atoms with Gasteiger partial charge in [0.05, 0.1) is 6.10 Å². The van der Waals surface area contributed by atoms with Crippen LogP contribution in [0.25, 0.3) is 0 Å². The van der Waals surface area contributed by atoms with Crippen LogP contribution >= 0.6 is 12.2 Å². The second-order valence-electron chi connectivity index (χ2n) is 2.62. The maximum atomic E-state index is 9.25. The van der Waals surface area contributed by atoms with Gasteiger partial charge in [0.2, 0.25) is 0 Å². The van der Waals surface area contributed by atoms with Crippen molar-refractivity contribution >= 4 is 17.3 Å². The molecule has 66 valence electrons. The molecule has 4 heteroatoms. The molecular formula is C7H15NO2S. The summed E-state index contributed by atoms with van der Waals surface area (Å²) in [4.78, 5) is 0. The van der Waals surface area contributed by atoms with E-state index < -0.39 is 6.10 Å². The lowest BCUT2D eigenvalue weighted by Crippen LogP contribution is -2.35. The van der Waals surface area contributed by atoms with Crippen LogP contribution in [0.5, 0.6) is 0 Å². The van der Waals surface area contributed by atoms with Gasteiger partial charge >= 0.3 is 0 Å². The number of hydrogen-bond acceptors (Lipinski definition) is 3. The molecule has 0 aromatic heterocycles. The van der Waals surface area contributed by atoms with Crippen LogP contribution in [0.2, 0.25) is 0 Å². The van der Waals surface area contributed by atoms with Crippen molar-refractivity contribution in [2.45, 2.75) is 38.3 Å². The van der Waals surface area contributed by atoms with Crippen LogP contribution in [0.15, 0.2) is 0 Å². The van der Waals surface area contributed by atoms with Crippen molar-refractivity contribution in [1.29, 1.82) is 0 Å². The maximum Gasteiger partial charge on any atom is 0.159 e. The normalized spacial score (nSPS) is 15.9. The minimum absolute atomic E-state index is 0.108. The quantitative estimate of drug-likeness (QED) is 0.542. The summed E-state index contributed by atoms with van der Waals surface area (Å²) in [6.07, 6.45) is 1.09. The van der Waals surface area contributed by atoms with E-state index in [1.807, 2.05) is 6.92 Å². The van der Waals surface area contributed by atoms with Crippen LogP contribution in [-0.4, -0.2) is 27.4 Å². The summed E-state index contributed by atoms with van der Waals surface area (Å²) in [6.45, 7) is 1.99. The fraction of sp³-hybridized carbons (Fsp3) is 0.857. The summed E-state index contributed by atoms with van der Waals surface area (Å²) < 4.78 is 0. The van der Waals surface area contributed by atoms with Gasteiger partial charge in [0.15, 0.2) is 5.05 Å². The summed E-state index contributed by atoms with van der Waals surface area (Å²) in [5.41, 5.74) is 5.56. The van der Waals surface area contributed by atoms with Crippen LogP contribution < -0.4 is 5.73 Å². The Labute approximate surface area is 72.2 Å². The molecule has 0 spiro atoms. The standard InChI is InChI=1S/C7H15NO2S/c1-2-3-5(8)6(9)4-7(10)11/h5-6,9H,2-4,8H2,1H3,(H,10,11). The SMILES string of the molecule is CCCC(N)C(O)CC(O)=S. The molecule has 2 unspecified atom stereocenters. The first-order valence-electron chi connectivity index (χ1n) is 3.73. The van der Waals surface area contributed by atoms with Gasteiger partial charge < -0.3 is 15.9 Å². The Bertz CT molecular complexity index is 130. The van der Waals surface area contributed by atoms with E-state index in [0.29, 0.717) is 0 Å². The molecule has 0 fully saturated rings. The van der Waals surface area contributed by atoms with Gasteiger partial charge in [0, 0.05) is 12.5 Å². The van der Waals surface area contributed by atoms with E-state index in [0.717, 1.165) is 12.8 Å². The minimum Gasteiger partial charge on any atom is -0.502 e. The maximum absolute atomic E-state index is 9.25. The molecule has 0 saturated carbocycles. The lowest BCUT2D eigenvalue weighted by atomic mass is 10.0. The lowest BCUT2D eigenvalue weighted by Gasteiger charge is -2.16. The number of hydrogen-bond donors (Lipinski definition) is 3. The highest BCUT2D eigenvalue weighted by Gasteiger charge is 2.14. The molecule has 0 radical (unpaired) electrons. The Kier molecular flexibility index (Phi) is 5.36. The molecule has 0 aliphatic rings. The second-order valence-corrected chi connectivity index (χ2v) is 3.09.